The van der Waals surface area contributed by atoms with Crippen molar-refractivity contribution in [3.63, 3.8) is 0 Å². The monoisotopic (exact) mass is 311 g/mol. The minimum atomic E-state index is 0.128. The summed E-state index contributed by atoms with van der Waals surface area (Å²) in [6.07, 6.45) is 4.06. The summed E-state index contributed by atoms with van der Waals surface area (Å²) in [5.41, 5.74) is 2.88. The van der Waals surface area contributed by atoms with Crippen LogP contribution in [0.3, 0.4) is 0 Å². The molecule has 1 heterocycles. The van der Waals surface area contributed by atoms with E-state index in [2.05, 4.69) is 20.9 Å². The second-order valence-corrected chi connectivity index (χ2v) is 5.66. The van der Waals surface area contributed by atoms with Gasteiger partial charge in [0.2, 0.25) is 0 Å². The average molecular weight is 313 g/mol. The highest BCUT2D eigenvalue weighted by molar-refractivity contribution is 9.10. The molecule has 88 valence electrons. The maximum atomic E-state index is 12.4. The Morgan fingerprint density at radius 2 is 2.00 bits per heavy atom. The highest BCUT2D eigenvalue weighted by atomic mass is 79.9. The number of fused-ring (bicyclic) bond motifs is 2. The minimum absolute atomic E-state index is 0.128. The van der Waals surface area contributed by atoms with Crippen LogP contribution in [0.1, 0.15) is 24.1 Å². The first-order valence-electron chi connectivity index (χ1n) is 5.70. The van der Waals surface area contributed by atoms with E-state index in [0.29, 0.717) is 10.4 Å². The normalized spacial score (nSPS) is 14.9. The van der Waals surface area contributed by atoms with Crippen molar-refractivity contribution < 1.29 is 0 Å². The molecule has 1 aliphatic carbocycles. The van der Waals surface area contributed by atoms with Crippen LogP contribution < -0.4 is 5.43 Å². The van der Waals surface area contributed by atoms with Gasteiger partial charge in [-0.3, -0.25) is 4.79 Å². The molecule has 0 amide bonds. The van der Waals surface area contributed by atoms with Gasteiger partial charge in [-0.1, -0.05) is 11.6 Å². The third-order valence-corrected chi connectivity index (χ3v) is 4.32. The van der Waals surface area contributed by atoms with Crippen molar-refractivity contribution in [2.75, 3.05) is 0 Å². The molecule has 4 heteroatoms. The van der Waals surface area contributed by atoms with Gasteiger partial charge in [-0.25, -0.2) is 0 Å². The van der Waals surface area contributed by atoms with Crippen molar-refractivity contribution in [3.8, 4) is 0 Å². The zero-order valence-corrected chi connectivity index (χ0v) is 11.5. The first-order chi connectivity index (χ1) is 8.18. The summed E-state index contributed by atoms with van der Waals surface area (Å²) in [6.45, 7) is 0. The molecule has 0 atom stereocenters. The number of pyridine rings is 1. The Kier molecular flexibility index (Phi) is 2.75. The lowest BCUT2D eigenvalue weighted by Crippen LogP contribution is -2.18. The van der Waals surface area contributed by atoms with Crippen molar-refractivity contribution in [1.29, 1.82) is 0 Å². The summed E-state index contributed by atoms with van der Waals surface area (Å²) in [5, 5.41) is 1.28. The number of hydrogen-bond acceptors (Lipinski definition) is 1. The number of nitrogens with one attached hydrogen (secondary N) is 1. The number of benzene rings is 1. The Morgan fingerprint density at radius 1 is 1.24 bits per heavy atom. The zero-order chi connectivity index (χ0) is 12.0. The summed E-state index contributed by atoms with van der Waals surface area (Å²) in [7, 11) is 0. The van der Waals surface area contributed by atoms with Gasteiger partial charge >= 0.3 is 0 Å². The van der Waals surface area contributed by atoms with Gasteiger partial charge in [0.15, 0.2) is 5.43 Å². The van der Waals surface area contributed by atoms with Crippen LogP contribution in [0.4, 0.5) is 0 Å². The van der Waals surface area contributed by atoms with Crippen LogP contribution in [0.2, 0.25) is 5.02 Å². The van der Waals surface area contributed by atoms with E-state index in [0.717, 1.165) is 46.9 Å². The summed E-state index contributed by atoms with van der Waals surface area (Å²) in [4.78, 5) is 15.8. The smallest absolute Gasteiger partial charge is 0.194 e. The Hall–Kier alpha value is -0.800. The summed E-state index contributed by atoms with van der Waals surface area (Å²) in [5.74, 6) is 0. The lowest BCUT2D eigenvalue weighted by atomic mass is 9.94. The maximum Gasteiger partial charge on any atom is 0.194 e. The molecule has 0 fully saturated rings. The van der Waals surface area contributed by atoms with Crippen LogP contribution in [0.15, 0.2) is 21.4 Å². The Morgan fingerprint density at radius 3 is 2.82 bits per heavy atom. The third kappa shape index (κ3) is 1.72. The van der Waals surface area contributed by atoms with E-state index in [9.17, 15) is 4.79 Å². The zero-order valence-electron chi connectivity index (χ0n) is 9.15. The predicted octanol–water partition coefficient (Wildman–Crippen LogP) is 3.82. The highest BCUT2D eigenvalue weighted by Crippen LogP contribution is 2.29. The van der Waals surface area contributed by atoms with Crippen molar-refractivity contribution >= 4 is 38.4 Å². The second kappa shape index (κ2) is 4.14. The van der Waals surface area contributed by atoms with E-state index in [1.807, 2.05) is 6.07 Å². The molecule has 2 aromatic rings. The topological polar surface area (TPSA) is 32.9 Å². The van der Waals surface area contributed by atoms with Gasteiger partial charge in [-0.05, 0) is 53.7 Å². The van der Waals surface area contributed by atoms with Gasteiger partial charge in [-0.2, -0.15) is 0 Å². The highest BCUT2D eigenvalue weighted by Gasteiger charge is 2.18. The van der Waals surface area contributed by atoms with E-state index < -0.39 is 0 Å². The van der Waals surface area contributed by atoms with Crippen molar-refractivity contribution in [1.82, 2.24) is 4.98 Å². The lowest BCUT2D eigenvalue weighted by molar-refractivity contribution is 0.667. The molecule has 1 N–H and O–H groups in total. The summed E-state index contributed by atoms with van der Waals surface area (Å²) in [6, 6.07) is 3.63. The van der Waals surface area contributed by atoms with Crippen molar-refractivity contribution in [2.45, 2.75) is 25.7 Å². The van der Waals surface area contributed by atoms with Crippen LogP contribution in [0.25, 0.3) is 10.9 Å². The van der Waals surface area contributed by atoms with Crippen LogP contribution in [0.5, 0.6) is 0 Å². The Balaban J connectivity index is 2.48. The molecule has 0 unspecified atom stereocenters. The summed E-state index contributed by atoms with van der Waals surface area (Å²) < 4.78 is 0.812. The van der Waals surface area contributed by atoms with E-state index in [4.69, 9.17) is 11.6 Å². The maximum absolute atomic E-state index is 12.4. The van der Waals surface area contributed by atoms with Crippen LogP contribution >= 0.6 is 27.5 Å². The van der Waals surface area contributed by atoms with Gasteiger partial charge in [-0.15, -0.1) is 0 Å². The van der Waals surface area contributed by atoms with Gasteiger partial charge < -0.3 is 4.98 Å². The minimum Gasteiger partial charge on any atom is -0.357 e. The molecule has 2 nitrogen and oxygen atoms in total. The van der Waals surface area contributed by atoms with Gasteiger partial charge in [0.05, 0.1) is 15.9 Å². The number of aromatic amines is 1. The fraction of sp³-hybridized carbons (Fsp3) is 0.308. The standard InChI is InChI=1S/C13H11BrClNO/c14-8-5-6-9(15)12-11(8)13(17)7-3-1-2-4-10(7)16-12/h5-6H,1-4H2,(H,16,17). The van der Waals surface area contributed by atoms with Crippen LogP contribution in [0, 0.1) is 0 Å². The Bertz CT molecular complexity index is 662. The molecule has 1 aliphatic rings. The fourth-order valence-electron chi connectivity index (χ4n) is 2.49. The molecule has 0 aliphatic heterocycles. The quantitative estimate of drug-likeness (QED) is 0.788. The Labute approximate surface area is 112 Å². The van der Waals surface area contributed by atoms with Crippen LogP contribution in [-0.2, 0) is 12.8 Å². The molecular formula is C13H11BrClNO. The van der Waals surface area contributed by atoms with E-state index >= 15 is 0 Å². The van der Waals surface area contributed by atoms with E-state index in [-0.39, 0.29) is 5.43 Å². The van der Waals surface area contributed by atoms with E-state index in [1.165, 1.54) is 0 Å². The molecule has 0 bridgehead atoms. The molecule has 0 spiro atoms. The fourth-order valence-corrected chi connectivity index (χ4v) is 3.21. The van der Waals surface area contributed by atoms with E-state index in [1.54, 1.807) is 6.07 Å². The summed E-state index contributed by atoms with van der Waals surface area (Å²) >= 11 is 9.58. The lowest BCUT2D eigenvalue weighted by Gasteiger charge is -2.16. The number of halogens is 2. The molecule has 0 saturated carbocycles. The number of hydrogen-bond donors (Lipinski definition) is 1. The molecule has 0 radical (unpaired) electrons. The average Bonchev–Trinajstić information content (AvgIpc) is 2.34. The second-order valence-electron chi connectivity index (χ2n) is 4.40. The number of rotatable bonds is 0. The van der Waals surface area contributed by atoms with Crippen molar-refractivity contribution in [2.24, 2.45) is 0 Å². The third-order valence-electron chi connectivity index (χ3n) is 3.35. The molecule has 3 rings (SSSR count). The van der Waals surface area contributed by atoms with Gasteiger partial charge in [0.25, 0.3) is 0 Å². The molecular weight excluding hydrogens is 302 g/mol. The first-order valence-corrected chi connectivity index (χ1v) is 6.87. The van der Waals surface area contributed by atoms with Gasteiger partial charge in [0.1, 0.15) is 0 Å². The largest absolute Gasteiger partial charge is 0.357 e. The number of aryl methyl sites for hydroxylation is 1. The number of H-pyrrole nitrogens is 1. The van der Waals surface area contributed by atoms with Crippen molar-refractivity contribution in [3.05, 3.63) is 43.1 Å². The SMILES string of the molecule is O=c1c2c([nH]c3c(Cl)ccc(Br)c13)CCCC2. The number of aromatic nitrogens is 1. The molecule has 1 aromatic carbocycles. The molecule has 17 heavy (non-hydrogen) atoms. The van der Waals surface area contributed by atoms with Crippen LogP contribution in [-0.4, -0.2) is 4.98 Å². The first kappa shape index (κ1) is 11.3. The van der Waals surface area contributed by atoms with Gasteiger partial charge in [0, 0.05) is 15.7 Å². The molecule has 0 saturated heterocycles. The molecule has 1 aromatic heterocycles. The predicted molar refractivity (Wildman–Crippen MR) is 73.9 cm³/mol.